The van der Waals surface area contributed by atoms with Crippen LogP contribution in [-0.4, -0.2) is 64.7 Å². The van der Waals surface area contributed by atoms with Gasteiger partial charge in [0.2, 0.25) is 0 Å². The first-order valence-corrected chi connectivity index (χ1v) is 10.1. The number of benzene rings is 2. The van der Waals surface area contributed by atoms with Crippen LogP contribution in [0.15, 0.2) is 53.5 Å². The molecular formula is C23H33N5O2. The lowest BCUT2D eigenvalue weighted by molar-refractivity contribution is 0.0963. The van der Waals surface area contributed by atoms with Crippen LogP contribution in [0.3, 0.4) is 0 Å². The Hall–Kier alpha value is -3.06. The molecule has 0 aliphatic carbocycles. The van der Waals surface area contributed by atoms with Crippen molar-refractivity contribution in [3.63, 3.8) is 0 Å². The first-order valence-electron chi connectivity index (χ1n) is 10.1. The molecule has 0 saturated carbocycles. The molecule has 0 aromatic heterocycles. The Morgan fingerprint density at radius 2 is 1.83 bits per heavy atom. The second-order valence-electron chi connectivity index (χ2n) is 7.18. The number of nitrogens with one attached hydrogen (secondary N) is 3. The summed E-state index contributed by atoms with van der Waals surface area (Å²) in [4.78, 5) is 18.1. The van der Waals surface area contributed by atoms with Crippen molar-refractivity contribution in [2.24, 2.45) is 4.99 Å². The van der Waals surface area contributed by atoms with E-state index >= 15 is 0 Å². The molecule has 0 bridgehead atoms. The van der Waals surface area contributed by atoms with E-state index in [1.54, 1.807) is 14.1 Å². The van der Waals surface area contributed by atoms with E-state index in [4.69, 9.17) is 4.74 Å². The predicted molar refractivity (Wildman–Crippen MR) is 122 cm³/mol. The van der Waals surface area contributed by atoms with E-state index in [1.165, 1.54) is 0 Å². The summed E-state index contributed by atoms with van der Waals surface area (Å²) in [7, 11) is 7.45. The van der Waals surface area contributed by atoms with Crippen LogP contribution >= 0.6 is 0 Å². The van der Waals surface area contributed by atoms with Crippen molar-refractivity contribution in [2.75, 3.05) is 47.9 Å². The van der Waals surface area contributed by atoms with Crippen molar-refractivity contribution in [2.45, 2.75) is 13.0 Å². The summed E-state index contributed by atoms with van der Waals surface area (Å²) >= 11 is 0. The van der Waals surface area contributed by atoms with Crippen LogP contribution in [-0.2, 0) is 13.0 Å². The molecule has 0 fully saturated rings. The summed E-state index contributed by atoms with van der Waals surface area (Å²) in [5.74, 6) is 1.53. The molecule has 162 valence electrons. The van der Waals surface area contributed by atoms with E-state index in [2.05, 4.69) is 31.9 Å². The third-order valence-corrected chi connectivity index (χ3v) is 4.51. The quantitative estimate of drug-likeness (QED) is 0.411. The number of aliphatic imine (C=N–C) groups is 1. The smallest absolute Gasteiger partial charge is 0.251 e. The summed E-state index contributed by atoms with van der Waals surface area (Å²) in [5.41, 5.74) is 2.89. The second-order valence-corrected chi connectivity index (χ2v) is 7.18. The zero-order valence-electron chi connectivity index (χ0n) is 18.4. The van der Waals surface area contributed by atoms with Crippen molar-refractivity contribution in [1.82, 2.24) is 20.9 Å². The molecule has 0 atom stereocenters. The minimum absolute atomic E-state index is 0.0739. The van der Waals surface area contributed by atoms with Gasteiger partial charge in [0.1, 0.15) is 12.4 Å². The van der Waals surface area contributed by atoms with Gasteiger partial charge in [-0.15, -0.1) is 0 Å². The van der Waals surface area contributed by atoms with Gasteiger partial charge in [-0.05, 0) is 55.9 Å². The van der Waals surface area contributed by atoms with Gasteiger partial charge in [0.15, 0.2) is 5.96 Å². The Labute approximate surface area is 179 Å². The van der Waals surface area contributed by atoms with Gasteiger partial charge in [0.05, 0.1) is 0 Å². The Balaban J connectivity index is 1.79. The van der Waals surface area contributed by atoms with Gasteiger partial charge in [-0.25, -0.2) is 0 Å². The molecular weight excluding hydrogens is 378 g/mol. The summed E-state index contributed by atoms with van der Waals surface area (Å²) in [6.45, 7) is 2.90. The minimum atomic E-state index is -0.0739. The lowest BCUT2D eigenvalue weighted by atomic mass is 10.1. The van der Waals surface area contributed by atoms with E-state index in [0.29, 0.717) is 25.3 Å². The number of guanidine groups is 1. The Morgan fingerprint density at radius 1 is 1.07 bits per heavy atom. The topological polar surface area (TPSA) is 78.0 Å². The van der Waals surface area contributed by atoms with Gasteiger partial charge in [-0.2, -0.15) is 0 Å². The molecule has 2 rings (SSSR count). The molecule has 0 radical (unpaired) electrons. The molecule has 7 heteroatoms. The fourth-order valence-corrected chi connectivity index (χ4v) is 2.84. The SMILES string of the molecule is CN=C(NCCc1cccc(C(=O)NC)c1)NCc1cccc(OCCN(C)C)c1. The Bertz CT molecular complexity index is 836. The number of amides is 1. The van der Waals surface area contributed by atoms with E-state index in [0.717, 1.165) is 35.8 Å². The monoisotopic (exact) mass is 411 g/mol. The van der Waals surface area contributed by atoms with Gasteiger partial charge in [0.25, 0.3) is 5.91 Å². The molecule has 2 aromatic rings. The second kappa shape index (κ2) is 12.5. The van der Waals surface area contributed by atoms with E-state index < -0.39 is 0 Å². The Morgan fingerprint density at radius 3 is 2.57 bits per heavy atom. The molecule has 30 heavy (non-hydrogen) atoms. The van der Waals surface area contributed by atoms with E-state index in [1.807, 2.05) is 56.6 Å². The van der Waals surface area contributed by atoms with Crippen LogP contribution in [0.2, 0.25) is 0 Å². The van der Waals surface area contributed by atoms with Crippen LogP contribution in [0.4, 0.5) is 0 Å². The van der Waals surface area contributed by atoms with Crippen LogP contribution < -0.4 is 20.7 Å². The maximum Gasteiger partial charge on any atom is 0.251 e. The average molecular weight is 412 g/mol. The largest absolute Gasteiger partial charge is 0.492 e. The molecule has 0 saturated heterocycles. The maximum atomic E-state index is 11.8. The molecule has 0 unspecified atom stereocenters. The third kappa shape index (κ3) is 8.13. The normalized spacial score (nSPS) is 11.3. The molecule has 0 aliphatic heterocycles. The zero-order valence-corrected chi connectivity index (χ0v) is 18.4. The van der Waals surface area contributed by atoms with Gasteiger partial charge < -0.3 is 25.6 Å². The molecule has 3 N–H and O–H groups in total. The van der Waals surface area contributed by atoms with Crippen LogP contribution in [0.25, 0.3) is 0 Å². The number of ether oxygens (including phenoxy) is 1. The molecule has 0 spiro atoms. The fourth-order valence-electron chi connectivity index (χ4n) is 2.84. The number of nitrogens with zero attached hydrogens (tertiary/aromatic N) is 2. The maximum absolute atomic E-state index is 11.8. The zero-order chi connectivity index (χ0) is 21.8. The molecule has 7 nitrogen and oxygen atoms in total. The highest BCUT2D eigenvalue weighted by Crippen LogP contribution is 2.13. The van der Waals surface area contributed by atoms with Crippen LogP contribution in [0, 0.1) is 0 Å². The van der Waals surface area contributed by atoms with Crippen LogP contribution in [0.5, 0.6) is 5.75 Å². The first-order chi connectivity index (χ1) is 14.5. The predicted octanol–water partition coefficient (Wildman–Crippen LogP) is 1.89. The van der Waals surface area contributed by atoms with Crippen molar-refractivity contribution in [1.29, 1.82) is 0 Å². The third-order valence-electron chi connectivity index (χ3n) is 4.51. The number of hydrogen-bond acceptors (Lipinski definition) is 4. The van der Waals surface area contributed by atoms with Gasteiger partial charge in [-0.1, -0.05) is 24.3 Å². The highest BCUT2D eigenvalue weighted by molar-refractivity contribution is 5.94. The van der Waals surface area contributed by atoms with E-state index in [-0.39, 0.29) is 5.91 Å². The van der Waals surface area contributed by atoms with Crippen molar-refractivity contribution >= 4 is 11.9 Å². The number of carbonyl (C=O) groups excluding carboxylic acids is 1. The van der Waals surface area contributed by atoms with Crippen molar-refractivity contribution in [3.8, 4) is 5.75 Å². The number of rotatable bonds is 10. The number of carbonyl (C=O) groups is 1. The molecule has 0 aliphatic rings. The van der Waals surface area contributed by atoms with Crippen LogP contribution in [0.1, 0.15) is 21.5 Å². The van der Waals surface area contributed by atoms with Crippen molar-refractivity contribution < 1.29 is 9.53 Å². The van der Waals surface area contributed by atoms with Gasteiger partial charge >= 0.3 is 0 Å². The summed E-state index contributed by atoms with van der Waals surface area (Å²) in [5, 5.41) is 9.29. The molecule has 2 aromatic carbocycles. The fraction of sp³-hybridized carbons (Fsp3) is 0.391. The van der Waals surface area contributed by atoms with E-state index in [9.17, 15) is 4.79 Å². The standard InChI is InChI=1S/C23H33N5O2/c1-24-22(29)20-9-5-7-18(15-20)11-12-26-23(25-2)27-17-19-8-6-10-21(16-19)30-14-13-28(3)4/h5-10,15-16H,11-14,17H2,1-4H3,(H,24,29)(H2,25,26,27). The highest BCUT2D eigenvalue weighted by atomic mass is 16.5. The lowest BCUT2D eigenvalue weighted by Crippen LogP contribution is -2.37. The number of likely N-dealkylation sites (N-methyl/N-ethyl adjacent to an activating group) is 1. The molecule has 1 amide bonds. The summed E-state index contributed by atoms with van der Waals surface area (Å²) < 4.78 is 5.80. The van der Waals surface area contributed by atoms with Gasteiger partial charge in [-0.3, -0.25) is 9.79 Å². The van der Waals surface area contributed by atoms with Gasteiger partial charge in [0, 0.05) is 39.3 Å². The first kappa shape index (κ1) is 23.2. The highest BCUT2D eigenvalue weighted by Gasteiger charge is 2.04. The summed E-state index contributed by atoms with van der Waals surface area (Å²) in [6, 6.07) is 15.7. The molecule has 0 heterocycles. The minimum Gasteiger partial charge on any atom is -0.492 e. The lowest BCUT2D eigenvalue weighted by Gasteiger charge is -2.14. The Kier molecular flexibility index (Phi) is 9.67. The van der Waals surface area contributed by atoms with Crippen molar-refractivity contribution in [3.05, 3.63) is 65.2 Å². The summed E-state index contributed by atoms with van der Waals surface area (Å²) in [6.07, 6.45) is 0.792. The number of hydrogen-bond donors (Lipinski definition) is 3. The average Bonchev–Trinajstić information content (AvgIpc) is 2.75.